The van der Waals surface area contributed by atoms with Crippen molar-refractivity contribution in [1.29, 1.82) is 0 Å². The molecule has 0 fully saturated rings. The molecule has 0 radical (unpaired) electrons. The van der Waals surface area contributed by atoms with E-state index in [0.29, 0.717) is 39.9 Å². The number of benzene rings is 2. The number of nitrogens with one attached hydrogen (secondary N) is 2. The van der Waals surface area contributed by atoms with Gasteiger partial charge in [0.15, 0.2) is 0 Å². The van der Waals surface area contributed by atoms with E-state index in [0.717, 1.165) is 11.0 Å². The number of fused-ring (bicyclic) bond motifs is 1. The van der Waals surface area contributed by atoms with Crippen LogP contribution in [0.3, 0.4) is 0 Å². The van der Waals surface area contributed by atoms with Crippen molar-refractivity contribution < 1.29 is 9.59 Å². The number of rotatable bonds is 6. The van der Waals surface area contributed by atoms with Gasteiger partial charge in [0.1, 0.15) is 10.8 Å². The summed E-state index contributed by atoms with van der Waals surface area (Å²) < 4.78 is 4.33. The number of hydrogen-bond acceptors (Lipinski definition) is 7. The Morgan fingerprint density at radius 1 is 1.09 bits per heavy atom. The predicted octanol–water partition coefficient (Wildman–Crippen LogP) is 4.48. The number of carbonyl (C=O) groups is 2. The molecule has 2 amide bonds. The zero-order chi connectivity index (χ0) is 22.7. The highest BCUT2D eigenvalue weighted by atomic mass is 32.1. The molecule has 32 heavy (non-hydrogen) atoms. The average molecular weight is 447 g/mol. The highest BCUT2D eigenvalue weighted by Gasteiger charge is 2.20. The summed E-state index contributed by atoms with van der Waals surface area (Å²) in [7, 11) is 1.74. The number of para-hydroxylation sites is 2. The van der Waals surface area contributed by atoms with Gasteiger partial charge < -0.3 is 15.5 Å². The summed E-state index contributed by atoms with van der Waals surface area (Å²) in [6.07, 6.45) is 1.62. The van der Waals surface area contributed by atoms with Crippen LogP contribution < -0.4 is 10.6 Å². The molecule has 2 N–H and O–H groups in total. The highest BCUT2D eigenvalue weighted by Crippen LogP contribution is 2.28. The lowest BCUT2D eigenvalue weighted by Crippen LogP contribution is -2.26. The largest absolute Gasteiger partial charge is 0.342 e. The third kappa shape index (κ3) is 4.42. The van der Waals surface area contributed by atoms with Gasteiger partial charge in [0.05, 0.1) is 28.5 Å². The lowest BCUT2D eigenvalue weighted by molar-refractivity contribution is 0.0802. The van der Waals surface area contributed by atoms with Crippen molar-refractivity contribution in [3.63, 3.8) is 0 Å². The molecule has 9 heteroatoms. The molecular formula is C23H22N6O2S. The molecule has 0 aliphatic rings. The molecule has 2 aromatic carbocycles. The van der Waals surface area contributed by atoms with Gasteiger partial charge in [-0.15, -0.1) is 0 Å². The summed E-state index contributed by atoms with van der Waals surface area (Å²) in [4.78, 5) is 36.1. The Kier molecular flexibility index (Phi) is 6.09. The lowest BCUT2D eigenvalue weighted by atomic mass is 10.1. The van der Waals surface area contributed by atoms with Gasteiger partial charge in [-0.05, 0) is 55.7 Å². The fourth-order valence-corrected chi connectivity index (χ4v) is 3.95. The summed E-state index contributed by atoms with van der Waals surface area (Å²) in [5.41, 5.74) is 3.61. The second-order valence-electron chi connectivity index (χ2n) is 7.20. The quantitative estimate of drug-likeness (QED) is 0.453. The minimum Gasteiger partial charge on any atom is -0.342 e. The van der Waals surface area contributed by atoms with Gasteiger partial charge in [0.2, 0.25) is 0 Å². The van der Waals surface area contributed by atoms with Crippen molar-refractivity contribution >= 4 is 50.9 Å². The number of carbonyl (C=O) groups excluding carboxylic acids is 2. The zero-order valence-electron chi connectivity index (χ0n) is 17.9. The van der Waals surface area contributed by atoms with Gasteiger partial charge in [-0.2, -0.15) is 4.37 Å². The Balaban J connectivity index is 1.56. The fourth-order valence-electron chi connectivity index (χ4n) is 3.14. The molecule has 2 heterocycles. The number of nitrogens with zero attached hydrogens (tertiary/aromatic N) is 4. The van der Waals surface area contributed by atoms with Crippen molar-refractivity contribution in [3.8, 4) is 0 Å². The van der Waals surface area contributed by atoms with Crippen LogP contribution in [-0.2, 0) is 0 Å². The van der Waals surface area contributed by atoms with Gasteiger partial charge in [0, 0.05) is 24.8 Å². The van der Waals surface area contributed by atoms with Gasteiger partial charge in [-0.3, -0.25) is 14.6 Å². The smallest absolute Gasteiger partial charge is 0.260 e. The Morgan fingerprint density at radius 2 is 1.88 bits per heavy atom. The molecule has 162 valence electrons. The number of hydrogen-bond donors (Lipinski definition) is 2. The minimum absolute atomic E-state index is 0.103. The average Bonchev–Trinajstić information content (AvgIpc) is 3.18. The fraction of sp³-hybridized carbons (Fsp3) is 0.174. The molecule has 4 rings (SSSR count). The maximum atomic E-state index is 13.1. The molecular weight excluding hydrogens is 424 g/mol. The van der Waals surface area contributed by atoms with E-state index >= 15 is 0 Å². The van der Waals surface area contributed by atoms with Crippen molar-refractivity contribution in [2.24, 2.45) is 0 Å². The van der Waals surface area contributed by atoms with E-state index in [4.69, 9.17) is 0 Å². The van der Waals surface area contributed by atoms with Crippen molar-refractivity contribution in [1.82, 2.24) is 19.2 Å². The van der Waals surface area contributed by atoms with E-state index in [1.807, 2.05) is 31.2 Å². The van der Waals surface area contributed by atoms with Crippen LogP contribution in [0, 0.1) is 6.92 Å². The first-order chi connectivity index (χ1) is 15.5. The van der Waals surface area contributed by atoms with E-state index in [2.05, 4.69) is 25.0 Å². The Labute approximate surface area is 189 Å². The van der Waals surface area contributed by atoms with Crippen LogP contribution in [0.15, 0.2) is 54.7 Å². The normalized spacial score (nSPS) is 10.7. The number of aryl methyl sites for hydroxylation is 1. The van der Waals surface area contributed by atoms with E-state index in [1.54, 1.807) is 49.3 Å². The van der Waals surface area contributed by atoms with Crippen LogP contribution in [0.4, 0.5) is 16.5 Å². The molecule has 0 saturated carbocycles. The number of amides is 2. The third-order valence-electron chi connectivity index (χ3n) is 4.97. The standard InChI is InChI=1S/C23H22N6O2S/c1-4-29(3)23(31)15-8-7-9-16(12-15)25-21(30)20-14(2)28-32-22(20)27-19-13-24-17-10-5-6-11-18(17)26-19/h5-13H,4H2,1-3H3,(H,25,30)(H,26,27). The first kappa shape index (κ1) is 21.4. The predicted molar refractivity (Wildman–Crippen MR) is 127 cm³/mol. The van der Waals surface area contributed by atoms with Gasteiger partial charge >= 0.3 is 0 Å². The summed E-state index contributed by atoms with van der Waals surface area (Å²) >= 11 is 1.18. The van der Waals surface area contributed by atoms with Gasteiger partial charge in [0.25, 0.3) is 11.8 Å². The maximum Gasteiger partial charge on any atom is 0.260 e. The molecule has 0 aliphatic carbocycles. The Morgan fingerprint density at radius 3 is 2.66 bits per heavy atom. The second kappa shape index (κ2) is 9.11. The summed E-state index contributed by atoms with van der Waals surface area (Å²) in [6.45, 7) is 4.28. The highest BCUT2D eigenvalue weighted by molar-refractivity contribution is 7.10. The molecule has 0 atom stereocenters. The Bertz CT molecular complexity index is 1300. The van der Waals surface area contributed by atoms with Crippen LogP contribution in [0.1, 0.15) is 33.3 Å². The molecule has 0 bridgehead atoms. The van der Waals surface area contributed by atoms with E-state index in [-0.39, 0.29) is 11.8 Å². The van der Waals surface area contributed by atoms with Crippen LogP contribution in [0.2, 0.25) is 0 Å². The zero-order valence-corrected chi connectivity index (χ0v) is 18.7. The van der Waals surface area contributed by atoms with Crippen LogP contribution >= 0.6 is 11.5 Å². The molecule has 0 spiro atoms. The summed E-state index contributed by atoms with van der Waals surface area (Å²) in [5.74, 6) is 0.103. The number of anilines is 3. The first-order valence-corrected chi connectivity index (χ1v) is 10.9. The lowest BCUT2D eigenvalue weighted by Gasteiger charge is -2.15. The van der Waals surface area contributed by atoms with Crippen molar-refractivity contribution in [3.05, 3.63) is 71.5 Å². The van der Waals surface area contributed by atoms with Crippen LogP contribution in [0.5, 0.6) is 0 Å². The first-order valence-electron chi connectivity index (χ1n) is 10.1. The third-order valence-corrected chi connectivity index (χ3v) is 5.82. The molecule has 0 unspecified atom stereocenters. The minimum atomic E-state index is -0.319. The molecule has 0 saturated heterocycles. The van der Waals surface area contributed by atoms with Crippen molar-refractivity contribution in [2.75, 3.05) is 24.2 Å². The topological polar surface area (TPSA) is 100 Å². The summed E-state index contributed by atoms with van der Waals surface area (Å²) in [6, 6.07) is 14.5. The summed E-state index contributed by atoms with van der Waals surface area (Å²) in [5, 5.41) is 6.61. The second-order valence-corrected chi connectivity index (χ2v) is 7.97. The molecule has 0 aliphatic heterocycles. The molecule has 2 aromatic heterocycles. The maximum absolute atomic E-state index is 13.1. The van der Waals surface area contributed by atoms with Crippen LogP contribution in [-0.4, -0.2) is 44.6 Å². The van der Waals surface area contributed by atoms with Gasteiger partial charge in [-0.25, -0.2) is 4.98 Å². The molecule has 8 nitrogen and oxygen atoms in total. The van der Waals surface area contributed by atoms with E-state index in [1.165, 1.54) is 11.5 Å². The Hall–Kier alpha value is -3.85. The molecule has 4 aromatic rings. The SMILES string of the molecule is CCN(C)C(=O)c1cccc(NC(=O)c2c(C)nsc2Nc2cnc3ccccc3n2)c1. The monoisotopic (exact) mass is 446 g/mol. The van der Waals surface area contributed by atoms with Gasteiger partial charge in [-0.1, -0.05) is 18.2 Å². The van der Waals surface area contributed by atoms with E-state index in [9.17, 15) is 9.59 Å². The van der Waals surface area contributed by atoms with E-state index < -0.39 is 0 Å². The number of aromatic nitrogens is 3. The van der Waals surface area contributed by atoms with Crippen molar-refractivity contribution in [2.45, 2.75) is 13.8 Å². The van der Waals surface area contributed by atoms with Crippen LogP contribution in [0.25, 0.3) is 11.0 Å².